The number of benzene rings is 1. The van der Waals surface area contributed by atoms with E-state index in [1.165, 1.54) is 6.07 Å². The van der Waals surface area contributed by atoms with E-state index in [-0.39, 0.29) is 5.82 Å². The summed E-state index contributed by atoms with van der Waals surface area (Å²) < 4.78 is 13.2. The molecule has 0 atom stereocenters. The average Bonchev–Trinajstić information content (AvgIpc) is 2.80. The van der Waals surface area contributed by atoms with Crippen molar-refractivity contribution >= 4 is 0 Å². The molecule has 1 aliphatic rings. The lowest BCUT2D eigenvalue weighted by Gasteiger charge is -2.07. The Balaban J connectivity index is 2.15. The maximum Gasteiger partial charge on any atom is 0.126 e. The van der Waals surface area contributed by atoms with Gasteiger partial charge < -0.3 is 5.32 Å². The zero-order valence-electron chi connectivity index (χ0n) is 9.50. The summed E-state index contributed by atoms with van der Waals surface area (Å²) in [5.41, 5.74) is 4.66. The molecule has 1 N–H and O–H groups in total. The van der Waals surface area contributed by atoms with E-state index in [9.17, 15) is 4.39 Å². The summed E-state index contributed by atoms with van der Waals surface area (Å²) in [7, 11) is 0. The van der Waals surface area contributed by atoms with Crippen molar-refractivity contribution in [1.29, 1.82) is 0 Å². The van der Waals surface area contributed by atoms with Crippen molar-refractivity contribution in [3.8, 4) is 11.3 Å². The zero-order valence-corrected chi connectivity index (χ0v) is 9.50. The summed E-state index contributed by atoms with van der Waals surface area (Å²) in [6.07, 6.45) is 1.57. The van der Waals surface area contributed by atoms with Gasteiger partial charge in [0.25, 0.3) is 0 Å². The van der Waals surface area contributed by atoms with Crippen LogP contribution in [0.1, 0.15) is 16.8 Å². The fourth-order valence-corrected chi connectivity index (χ4v) is 2.13. The van der Waals surface area contributed by atoms with Crippen molar-refractivity contribution in [2.45, 2.75) is 20.0 Å². The fourth-order valence-electron chi connectivity index (χ4n) is 2.13. The highest BCUT2D eigenvalue weighted by atomic mass is 19.1. The van der Waals surface area contributed by atoms with Gasteiger partial charge in [0.1, 0.15) is 12.1 Å². The van der Waals surface area contributed by atoms with Gasteiger partial charge in [-0.2, -0.15) is 0 Å². The predicted octanol–water partition coefficient (Wildman–Crippen LogP) is 2.19. The second-order valence-corrected chi connectivity index (χ2v) is 4.22. The molecular formula is C13H12FN3. The van der Waals surface area contributed by atoms with Crippen LogP contribution in [-0.2, 0) is 13.1 Å². The third kappa shape index (κ3) is 1.70. The minimum absolute atomic E-state index is 0.183. The summed E-state index contributed by atoms with van der Waals surface area (Å²) in [5.74, 6) is -0.183. The van der Waals surface area contributed by atoms with Crippen molar-refractivity contribution in [3.63, 3.8) is 0 Å². The molecule has 0 saturated carbocycles. The van der Waals surface area contributed by atoms with Gasteiger partial charge >= 0.3 is 0 Å². The monoisotopic (exact) mass is 229 g/mol. The molecule has 3 nitrogen and oxygen atoms in total. The molecule has 17 heavy (non-hydrogen) atoms. The topological polar surface area (TPSA) is 37.8 Å². The number of aromatic nitrogens is 2. The second kappa shape index (κ2) is 3.89. The molecule has 86 valence electrons. The van der Waals surface area contributed by atoms with Crippen LogP contribution < -0.4 is 5.32 Å². The van der Waals surface area contributed by atoms with Gasteiger partial charge in [-0.25, -0.2) is 14.4 Å². The lowest BCUT2D eigenvalue weighted by atomic mass is 10.0. The van der Waals surface area contributed by atoms with Gasteiger partial charge in [-0.3, -0.25) is 0 Å². The van der Waals surface area contributed by atoms with E-state index >= 15 is 0 Å². The highest BCUT2D eigenvalue weighted by Gasteiger charge is 2.17. The van der Waals surface area contributed by atoms with Crippen LogP contribution in [0.5, 0.6) is 0 Å². The van der Waals surface area contributed by atoms with E-state index < -0.39 is 0 Å². The Morgan fingerprint density at radius 1 is 1.24 bits per heavy atom. The van der Waals surface area contributed by atoms with Crippen molar-refractivity contribution < 1.29 is 4.39 Å². The van der Waals surface area contributed by atoms with Crippen molar-refractivity contribution in [3.05, 3.63) is 47.2 Å². The normalized spacial score (nSPS) is 13.8. The Hall–Kier alpha value is -1.81. The van der Waals surface area contributed by atoms with Crippen LogP contribution in [0.4, 0.5) is 4.39 Å². The number of halogens is 1. The summed E-state index contributed by atoms with van der Waals surface area (Å²) in [5, 5.41) is 3.25. The lowest BCUT2D eigenvalue weighted by molar-refractivity contribution is 0.618. The minimum atomic E-state index is -0.183. The molecule has 1 aromatic carbocycles. The molecule has 0 radical (unpaired) electrons. The molecule has 2 aromatic rings. The van der Waals surface area contributed by atoms with Gasteiger partial charge in [-0.05, 0) is 30.7 Å². The summed E-state index contributed by atoms with van der Waals surface area (Å²) in [4.78, 5) is 8.56. The number of rotatable bonds is 1. The van der Waals surface area contributed by atoms with Gasteiger partial charge in [0.05, 0.1) is 11.4 Å². The highest BCUT2D eigenvalue weighted by Crippen LogP contribution is 2.26. The highest BCUT2D eigenvalue weighted by molar-refractivity contribution is 5.65. The SMILES string of the molecule is Cc1cc(-c2ncnc3c2CNC3)ccc1F. The van der Waals surface area contributed by atoms with Gasteiger partial charge in [-0.15, -0.1) is 0 Å². The van der Waals surface area contributed by atoms with Crippen LogP contribution >= 0.6 is 0 Å². The average molecular weight is 229 g/mol. The number of nitrogens with zero attached hydrogens (tertiary/aromatic N) is 2. The van der Waals surface area contributed by atoms with Crippen LogP contribution in [0.15, 0.2) is 24.5 Å². The summed E-state index contributed by atoms with van der Waals surface area (Å²) in [6.45, 7) is 3.32. The number of aryl methyl sites for hydroxylation is 1. The lowest BCUT2D eigenvalue weighted by Crippen LogP contribution is -2.00. The number of hydrogen-bond acceptors (Lipinski definition) is 3. The van der Waals surface area contributed by atoms with Crippen LogP contribution in [0.25, 0.3) is 11.3 Å². The quantitative estimate of drug-likeness (QED) is 0.814. The molecule has 0 fully saturated rings. The van der Waals surface area contributed by atoms with Crippen LogP contribution in [0, 0.1) is 12.7 Å². The molecule has 0 aliphatic carbocycles. The number of hydrogen-bond donors (Lipinski definition) is 1. The molecule has 0 saturated heterocycles. The van der Waals surface area contributed by atoms with E-state index in [4.69, 9.17) is 0 Å². The van der Waals surface area contributed by atoms with Crippen LogP contribution in [0.2, 0.25) is 0 Å². The van der Waals surface area contributed by atoms with Crippen molar-refractivity contribution in [1.82, 2.24) is 15.3 Å². The van der Waals surface area contributed by atoms with Crippen LogP contribution in [0.3, 0.4) is 0 Å². The van der Waals surface area contributed by atoms with E-state index in [0.29, 0.717) is 5.56 Å². The second-order valence-electron chi connectivity index (χ2n) is 4.22. The first-order valence-electron chi connectivity index (χ1n) is 5.55. The van der Waals surface area contributed by atoms with Crippen molar-refractivity contribution in [2.75, 3.05) is 0 Å². The largest absolute Gasteiger partial charge is 0.307 e. The molecule has 2 heterocycles. The fraction of sp³-hybridized carbons (Fsp3) is 0.231. The minimum Gasteiger partial charge on any atom is -0.307 e. The van der Waals surface area contributed by atoms with Crippen LogP contribution in [-0.4, -0.2) is 9.97 Å². The first kappa shape index (κ1) is 10.4. The maximum atomic E-state index is 13.2. The molecular weight excluding hydrogens is 217 g/mol. The standard InChI is InChI=1S/C13H12FN3/c1-8-4-9(2-3-11(8)14)13-10-5-15-6-12(10)16-7-17-13/h2-4,7,15H,5-6H2,1H3. The molecule has 3 rings (SSSR count). The van der Waals surface area contributed by atoms with E-state index in [0.717, 1.165) is 35.6 Å². The van der Waals surface area contributed by atoms with Gasteiger partial charge in [-0.1, -0.05) is 0 Å². The Morgan fingerprint density at radius 2 is 2.12 bits per heavy atom. The molecule has 0 bridgehead atoms. The Bertz CT molecular complexity index is 581. The molecule has 4 heteroatoms. The third-order valence-electron chi connectivity index (χ3n) is 3.06. The predicted molar refractivity (Wildman–Crippen MR) is 62.7 cm³/mol. The molecule has 0 spiro atoms. The first-order valence-corrected chi connectivity index (χ1v) is 5.55. The van der Waals surface area contributed by atoms with Gasteiger partial charge in [0, 0.05) is 24.2 Å². The summed E-state index contributed by atoms with van der Waals surface area (Å²) in [6, 6.07) is 5.08. The van der Waals surface area contributed by atoms with E-state index in [1.807, 2.05) is 6.07 Å². The number of nitrogens with one attached hydrogen (secondary N) is 1. The maximum absolute atomic E-state index is 13.2. The Kier molecular flexibility index (Phi) is 2.37. The first-order chi connectivity index (χ1) is 8.25. The number of fused-ring (bicyclic) bond motifs is 1. The summed E-state index contributed by atoms with van der Waals surface area (Å²) >= 11 is 0. The molecule has 1 aromatic heterocycles. The van der Waals surface area contributed by atoms with E-state index in [2.05, 4.69) is 15.3 Å². The Morgan fingerprint density at radius 3 is 2.94 bits per heavy atom. The van der Waals surface area contributed by atoms with Crippen molar-refractivity contribution in [2.24, 2.45) is 0 Å². The van der Waals surface area contributed by atoms with Gasteiger partial charge in [0.2, 0.25) is 0 Å². The zero-order chi connectivity index (χ0) is 11.8. The van der Waals surface area contributed by atoms with E-state index in [1.54, 1.807) is 19.3 Å². The molecule has 1 aliphatic heterocycles. The third-order valence-corrected chi connectivity index (χ3v) is 3.06. The Labute approximate surface area is 98.7 Å². The van der Waals surface area contributed by atoms with Gasteiger partial charge in [0.15, 0.2) is 0 Å². The molecule has 0 amide bonds. The smallest absolute Gasteiger partial charge is 0.126 e. The molecule has 0 unspecified atom stereocenters.